The van der Waals surface area contributed by atoms with Gasteiger partial charge in [-0.2, -0.15) is 0 Å². The molecule has 0 unspecified atom stereocenters. The lowest BCUT2D eigenvalue weighted by atomic mass is 10.2. The first-order chi connectivity index (χ1) is 14.9. The molecule has 0 spiro atoms. The molecule has 0 bridgehead atoms. The van der Waals surface area contributed by atoms with Crippen molar-refractivity contribution in [2.24, 2.45) is 0 Å². The van der Waals surface area contributed by atoms with Gasteiger partial charge in [-0.3, -0.25) is 5.32 Å². The molecule has 7 heteroatoms. The maximum Gasteiger partial charge on any atom is 0.413 e. The second kappa shape index (κ2) is 8.47. The molecule has 31 heavy (non-hydrogen) atoms. The topological polar surface area (TPSA) is 78.3 Å². The summed E-state index contributed by atoms with van der Waals surface area (Å²) in [5, 5.41) is 8.09. The van der Waals surface area contributed by atoms with Crippen LogP contribution in [0.2, 0.25) is 0 Å². The summed E-state index contributed by atoms with van der Waals surface area (Å²) in [7, 11) is 0. The molecule has 0 saturated heterocycles. The monoisotopic (exact) mass is 416 g/mol. The Morgan fingerprint density at radius 2 is 1.71 bits per heavy atom. The molecule has 7 nitrogen and oxygen atoms in total. The second-order valence-electron chi connectivity index (χ2n) is 8.04. The van der Waals surface area contributed by atoms with E-state index in [4.69, 9.17) is 9.47 Å². The fourth-order valence-corrected chi connectivity index (χ4v) is 3.06. The number of nitrogens with one attached hydrogen (secondary N) is 1. The van der Waals surface area contributed by atoms with Gasteiger partial charge in [0.2, 0.25) is 5.88 Å². The molecule has 2 aromatic carbocycles. The van der Waals surface area contributed by atoms with E-state index >= 15 is 0 Å². The van der Waals surface area contributed by atoms with Crippen LogP contribution in [-0.4, -0.2) is 26.5 Å². The number of ether oxygens (including phenoxy) is 2. The number of pyridine rings is 1. The molecule has 0 aliphatic carbocycles. The Labute approximate surface area is 180 Å². The van der Waals surface area contributed by atoms with E-state index in [9.17, 15) is 4.79 Å². The van der Waals surface area contributed by atoms with Gasteiger partial charge in [-0.1, -0.05) is 48.5 Å². The first-order valence-electron chi connectivity index (χ1n) is 10.00. The van der Waals surface area contributed by atoms with Crippen molar-refractivity contribution in [3.8, 4) is 11.6 Å². The number of aromatic nitrogens is 3. The number of para-hydroxylation sites is 1. The largest absolute Gasteiger partial charge is 0.471 e. The summed E-state index contributed by atoms with van der Waals surface area (Å²) >= 11 is 0. The molecular formula is C24H24N4O3. The number of carbonyl (C=O) groups excluding carboxylic acids is 1. The molecule has 2 aromatic heterocycles. The van der Waals surface area contributed by atoms with E-state index in [2.05, 4.69) is 15.4 Å². The van der Waals surface area contributed by atoms with E-state index in [-0.39, 0.29) is 0 Å². The average molecular weight is 416 g/mol. The van der Waals surface area contributed by atoms with E-state index in [0.717, 1.165) is 22.2 Å². The van der Waals surface area contributed by atoms with Crippen LogP contribution in [0.25, 0.3) is 16.6 Å². The zero-order valence-electron chi connectivity index (χ0n) is 17.7. The van der Waals surface area contributed by atoms with Crippen LogP contribution in [-0.2, 0) is 11.3 Å². The summed E-state index contributed by atoms with van der Waals surface area (Å²) in [5.41, 5.74) is 2.08. The van der Waals surface area contributed by atoms with Gasteiger partial charge in [0.15, 0.2) is 0 Å². The maximum absolute atomic E-state index is 12.2. The number of carbonyl (C=O) groups is 1. The summed E-state index contributed by atoms with van der Waals surface area (Å²) in [6.07, 6.45) is 1.08. The van der Waals surface area contributed by atoms with E-state index < -0.39 is 11.7 Å². The van der Waals surface area contributed by atoms with Crippen molar-refractivity contribution >= 4 is 22.8 Å². The SMILES string of the molecule is CC(C)(C)OC(=O)Nc1cc2c(cn1)c(OCc1ccccc1)nn2-c1ccccc1. The normalized spacial score (nSPS) is 11.3. The highest BCUT2D eigenvalue weighted by Crippen LogP contribution is 2.29. The third kappa shape index (κ3) is 5.01. The highest BCUT2D eigenvalue weighted by atomic mass is 16.6. The number of nitrogens with zero attached hydrogens (tertiary/aromatic N) is 3. The zero-order chi connectivity index (χ0) is 21.8. The van der Waals surface area contributed by atoms with Crippen molar-refractivity contribution in [1.82, 2.24) is 14.8 Å². The van der Waals surface area contributed by atoms with Gasteiger partial charge in [-0.15, -0.1) is 5.10 Å². The lowest BCUT2D eigenvalue weighted by molar-refractivity contribution is 0.0635. The van der Waals surface area contributed by atoms with Crippen molar-refractivity contribution in [2.75, 3.05) is 5.32 Å². The average Bonchev–Trinajstić information content (AvgIpc) is 3.10. The Morgan fingerprint density at radius 3 is 2.39 bits per heavy atom. The van der Waals surface area contributed by atoms with Gasteiger partial charge < -0.3 is 9.47 Å². The van der Waals surface area contributed by atoms with Crippen LogP contribution in [0.5, 0.6) is 5.88 Å². The third-order valence-corrected chi connectivity index (χ3v) is 4.38. The molecule has 0 radical (unpaired) electrons. The summed E-state index contributed by atoms with van der Waals surface area (Å²) < 4.78 is 13.1. The van der Waals surface area contributed by atoms with Gasteiger partial charge in [0.25, 0.3) is 0 Å². The van der Waals surface area contributed by atoms with Crippen LogP contribution in [0.1, 0.15) is 26.3 Å². The Hall–Kier alpha value is -3.87. The molecule has 4 aromatic rings. The molecule has 158 valence electrons. The van der Waals surface area contributed by atoms with Crippen molar-refractivity contribution in [3.63, 3.8) is 0 Å². The number of amides is 1. The Balaban J connectivity index is 1.68. The van der Waals surface area contributed by atoms with Crippen LogP contribution in [0.4, 0.5) is 10.6 Å². The van der Waals surface area contributed by atoms with Crippen molar-refractivity contribution in [1.29, 1.82) is 0 Å². The standard InChI is InChI=1S/C24H24N4O3/c1-24(2,3)31-23(29)26-21-14-20-19(15-25-21)22(30-16-17-10-6-4-7-11-17)27-28(20)18-12-8-5-9-13-18/h4-15H,16H2,1-3H3,(H,25,26,29). The second-order valence-corrected chi connectivity index (χ2v) is 8.04. The summed E-state index contributed by atoms with van der Waals surface area (Å²) in [6.45, 7) is 5.82. The molecule has 2 heterocycles. The van der Waals surface area contributed by atoms with E-state index in [1.54, 1.807) is 16.9 Å². The van der Waals surface area contributed by atoms with Crippen LogP contribution in [0.15, 0.2) is 72.9 Å². The molecule has 1 N–H and O–H groups in total. The van der Waals surface area contributed by atoms with Crippen molar-refractivity contribution in [3.05, 3.63) is 78.5 Å². The number of fused-ring (bicyclic) bond motifs is 1. The molecule has 0 atom stereocenters. The first-order valence-corrected chi connectivity index (χ1v) is 10.00. The van der Waals surface area contributed by atoms with Gasteiger partial charge in [0, 0.05) is 12.3 Å². The van der Waals surface area contributed by atoms with Crippen molar-refractivity contribution < 1.29 is 14.3 Å². The van der Waals surface area contributed by atoms with Crippen LogP contribution in [0.3, 0.4) is 0 Å². The Morgan fingerprint density at radius 1 is 1.03 bits per heavy atom. The number of anilines is 1. The molecule has 1 amide bonds. The summed E-state index contributed by atoms with van der Waals surface area (Å²) in [6, 6.07) is 21.4. The number of hydrogen-bond acceptors (Lipinski definition) is 5. The lowest BCUT2D eigenvalue weighted by Gasteiger charge is -2.19. The van der Waals surface area contributed by atoms with Gasteiger partial charge in [0.05, 0.1) is 16.6 Å². The van der Waals surface area contributed by atoms with E-state index in [1.807, 2.05) is 81.4 Å². The fraction of sp³-hybridized carbons (Fsp3) is 0.208. The van der Waals surface area contributed by atoms with Gasteiger partial charge in [-0.05, 0) is 38.5 Å². The van der Waals surface area contributed by atoms with Crippen LogP contribution < -0.4 is 10.1 Å². The quantitative estimate of drug-likeness (QED) is 0.475. The van der Waals surface area contributed by atoms with Crippen LogP contribution >= 0.6 is 0 Å². The Kier molecular flexibility index (Phi) is 5.58. The number of hydrogen-bond donors (Lipinski definition) is 1. The van der Waals surface area contributed by atoms with Crippen molar-refractivity contribution in [2.45, 2.75) is 33.0 Å². The molecule has 0 aliphatic rings. The number of benzene rings is 2. The predicted octanol–water partition coefficient (Wildman–Crippen LogP) is 5.35. The highest BCUT2D eigenvalue weighted by Gasteiger charge is 2.19. The first kappa shape index (κ1) is 20.4. The minimum Gasteiger partial charge on any atom is -0.471 e. The molecular weight excluding hydrogens is 392 g/mol. The van der Waals surface area contributed by atoms with Gasteiger partial charge >= 0.3 is 6.09 Å². The minimum atomic E-state index is -0.599. The highest BCUT2D eigenvalue weighted by molar-refractivity contribution is 5.90. The third-order valence-electron chi connectivity index (χ3n) is 4.38. The molecule has 0 saturated carbocycles. The van der Waals surface area contributed by atoms with Gasteiger partial charge in [0.1, 0.15) is 18.0 Å². The minimum absolute atomic E-state index is 0.369. The lowest BCUT2D eigenvalue weighted by Crippen LogP contribution is -2.27. The van der Waals surface area contributed by atoms with Crippen LogP contribution in [0, 0.1) is 0 Å². The molecule has 0 fully saturated rings. The van der Waals surface area contributed by atoms with E-state index in [1.165, 1.54) is 0 Å². The molecule has 0 aliphatic heterocycles. The molecule has 4 rings (SSSR count). The zero-order valence-corrected chi connectivity index (χ0v) is 17.7. The smallest absolute Gasteiger partial charge is 0.413 e. The van der Waals surface area contributed by atoms with E-state index in [0.29, 0.717) is 18.3 Å². The fourth-order valence-electron chi connectivity index (χ4n) is 3.06. The summed E-state index contributed by atoms with van der Waals surface area (Å²) in [5.74, 6) is 0.840. The summed E-state index contributed by atoms with van der Waals surface area (Å²) in [4.78, 5) is 16.5. The number of rotatable bonds is 5. The predicted molar refractivity (Wildman–Crippen MR) is 119 cm³/mol. The maximum atomic E-state index is 12.2. The Bertz CT molecular complexity index is 1180. The van der Waals surface area contributed by atoms with Gasteiger partial charge in [-0.25, -0.2) is 14.5 Å².